The van der Waals surface area contributed by atoms with Gasteiger partial charge >= 0.3 is 0 Å². The first-order valence-corrected chi connectivity index (χ1v) is 6.66. The average molecular weight is 210 g/mol. The molecule has 3 atom stereocenters. The van der Waals surface area contributed by atoms with Crippen LogP contribution < -0.4 is 5.32 Å². The zero-order valence-corrected chi connectivity index (χ0v) is 10.3. The second-order valence-electron chi connectivity index (χ2n) is 5.79. The molecule has 88 valence electrons. The molecule has 1 aliphatic carbocycles. The van der Waals surface area contributed by atoms with Crippen molar-refractivity contribution in [2.24, 2.45) is 11.8 Å². The van der Waals surface area contributed by atoms with E-state index in [9.17, 15) is 0 Å². The van der Waals surface area contributed by atoms with E-state index in [4.69, 9.17) is 0 Å². The maximum Gasteiger partial charge on any atom is 0.00698 e. The molecule has 0 bridgehead atoms. The van der Waals surface area contributed by atoms with Crippen LogP contribution in [-0.4, -0.2) is 37.6 Å². The van der Waals surface area contributed by atoms with Crippen LogP contribution in [0.2, 0.25) is 0 Å². The Morgan fingerprint density at radius 1 is 1.27 bits per heavy atom. The molecule has 3 unspecified atom stereocenters. The lowest BCUT2D eigenvalue weighted by molar-refractivity contribution is 0.202. The van der Waals surface area contributed by atoms with Gasteiger partial charge in [0.05, 0.1) is 0 Å². The third kappa shape index (κ3) is 3.46. The van der Waals surface area contributed by atoms with E-state index in [-0.39, 0.29) is 0 Å². The summed E-state index contributed by atoms with van der Waals surface area (Å²) in [6.07, 6.45) is 7.07. The molecule has 1 heterocycles. The zero-order valence-electron chi connectivity index (χ0n) is 10.3. The molecule has 0 aromatic heterocycles. The van der Waals surface area contributed by atoms with Crippen molar-refractivity contribution in [3.05, 3.63) is 0 Å². The van der Waals surface area contributed by atoms with Gasteiger partial charge in [-0.05, 0) is 64.1 Å². The number of likely N-dealkylation sites (tertiary alicyclic amines) is 1. The fourth-order valence-corrected chi connectivity index (χ4v) is 3.17. The minimum absolute atomic E-state index is 0.826. The largest absolute Gasteiger partial charge is 0.314 e. The van der Waals surface area contributed by atoms with Crippen molar-refractivity contribution in [3.63, 3.8) is 0 Å². The number of rotatable bonds is 3. The molecule has 0 aromatic carbocycles. The fourth-order valence-electron chi connectivity index (χ4n) is 3.17. The predicted molar refractivity (Wildman–Crippen MR) is 65.0 cm³/mol. The first-order chi connectivity index (χ1) is 7.24. The van der Waals surface area contributed by atoms with Crippen LogP contribution in [0.1, 0.15) is 39.0 Å². The summed E-state index contributed by atoms with van der Waals surface area (Å²) in [5, 5.41) is 3.78. The van der Waals surface area contributed by atoms with Crippen LogP contribution in [-0.2, 0) is 0 Å². The Bertz CT molecular complexity index is 193. The molecule has 1 saturated carbocycles. The number of nitrogens with one attached hydrogen (secondary N) is 1. The molecule has 0 amide bonds. The Hall–Kier alpha value is -0.0800. The molecule has 2 nitrogen and oxygen atoms in total. The predicted octanol–water partition coefficient (Wildman–Crippen LogP) is 2.11. The highest BCUT2D eigenvalue weighted by Crippen LogP contribution is 2.25. The van der Waals surface area contributed by atoms with Crippen LogP contribution in [0.15, 0.2) is 0 Å². The molecule has 2 aliphatic rings. The van der Waals surface area contributed by atoms with Crippen LogP contribution in [0, 0.1) is 11.8 Å². The third-order valence-electron chi connectivity index (χ3n) is 4.11. The normalized spacial score (nSPS) is 38.4. The van der Waals surface area contributed by atoms with E-state index in [2.05, 4.69) is 24.2 Å². The molecule has 1 N–H and O–H groups in total. The topological polar surface area (TPSA) is 15.3 Å². The Kier molecular flexibility index (Phi) is 4.04. The SMILES string of the molecule is CC1CCC(NCC2CCCN(C)C2)C1. The maximum atomic E-state index is 3.78. The first-order valence-electron chi connectivity index (χ1n) is 6.66. The van der Waals surface area contributed by atoms with Crippen molar-refractivity contribution in [2.75, 3.05) is 26.7 Å². The highest BCUT2D eigenvalue weighted by molar-refractivity contribution is 4.80. The van der Waals surface area contributed by atoms with E-state index in [0.717, 1.165) is 17.9 Å². The fraction of sp³-hybridized carbons (Fsp3) is 1.00. The summed E-state index contributed by atoms with van der Waals surface area (Å²) < 4.78 is 0. The second-order valence-corrected chi connectivity index (χ2v) is 5.79. The van der Waals surface area contributed by atoms with Crippen LogP contribution in [0.5, 0.6) is 0 Å². The monoisotopic (exact) mass is 210 g/mol. The van der Waals surface area contributed by atoms with E-state index in [1.165, 1.54) is 51.7 Å². The van der Waals surface area contributed by atoms with Gasteiger partial charge in [-0.25, -0.2) is 0 Å². The minimum atomic E-state index is 0.826. The van der Waals surface area contributed by atoms with Crippen molar-refractivity contribution in [2.45, 2.75) is 45.1 Å². The van der Waals surface area contributed by atoms with Gasteiger partial charge in [-0.3, -0.25) is 0 Å². The second kappa shape index (κ2) is 5.31. The standard InChI is InChI=1S/C13H26N2/c1-11-5-6-13(8-11)14-9-12-4-3-7-15(2)10-12/h11-14H,3-10H2,1-2H3. The molecule has 0 spiro atoms. The summed E-state index contributed by atoms with van der Waals surface area (Å²) in [4.78, 5) is 2.48. The lowest BCUT2D eigenvalue weighted by Crippen LogP contribution is -2.39. The van der Waals surface area contributed by atoms with E-state index in [1.54, 1.807) is 0 Å². The lowest BCUT2D eigenvalue weighted by Gasteiger charge is -2.30. The van der Waals surface area contributed by atoms with Crippen LogP contribution >= 0.6 is 0 Å². The number of hydrogen-bond acceptors (Lipinski definition) is 2. The molecular formula is C13H26N2. The summed E-state index contributed by atoms with van der Waals surface area (Å²) in [7, 11) is 2.25. The molecule has 2 rings (SSSR count). The van der Waals surface area contributed by atoms with Gasteiger partial charge in [0.1, 0.15) is 0 Å². The third-order valence-corrected chi connectivity index (χ3v) is 4.11. The van der Waals surface area contributed by atoms with Crippen LogP contribution in [0.3, 0.4) is 0 Å². The lowest BCUT2D eigenvalue weighted by atomic mass is 9.98. The smallest absolute Gasteiger partial charge is 0.00698 e. The van der Waals surface area contributed by atoms with Gasteiger partial charge in [0.25, 0.3) is 0 Å². The van der Waals surface area contributed by atoms with Gasteiger partial charge in [0.15, 0.2) is 0 Å². The van der Waals surface area contributed by atoms with E-state index >= 15 is 0 Å². The average Bonchev–Trinajstić information content (AvgIpc) is 2.62. The van der Waals surface area contributed by atoms with E-state index in [1.807, 2.05) is 0 Å². The van der Waals surface area contributed by atoms with Crippen LogP contribution in [0.25, 0.3) is 0 Å². The number of piperidine rings is 1. The summed E-state index contributed by atoms with van der Waals surface area (Å²) >= 11 is 0. The van der Waals surface area contributed by atoms with Crippen molar-refractivity contribution in [1.82, 2.24) is 10.2 Å². The summed E-state index contributed by atoms with van der Waals surface area (Å²) in [6, 6.07) is 0.826. The Morgan fingerprint density at radius 2 is 2.13 bits per heavy atom. The first kappa shape index (κ1) is 11.4. The van der Waals surface area contributed by atoms with Gasteiger partial charge in [0.2, 0.25) is 0 Å². The van der Waals surface area contributed by atoms with Gasteiger partial charge in [-0.15, -0.1) is 0 Å². The van der Waals surface area contributed by atoms with Gasteiger partial charge in [-0.1, -0.05) is 6.92 Å². The highest BCUT2D eigenvalue weighted by Gasteiger charge is 2.23. The van der Waals surface area contributed by atoms with Crippen molar-refractivity contribution >= 4 is 0 Å². The molecule has 15 heavy (non-hydrogen) atoms. The Labute approximate surface area is 94.4 Å². The van der Waals surface area contributed by atoms with Crippen molar-refractivity contribution in [3.8, 4) is 0 Å². The summed E-state index contributed by atoms with van der Waals surface area (Å²) in [6.45, 7) is 6.24. The van der Waals surface area contributed by atoms with Crippen LogP contribution in [0.4, 0.5) is 0 Å². The Balaban J connectivity index is 1.64. The molecule has 2 fully saturated rings. The number of hydrogen-bond donors (Lipinski definition) is 1. The van der Waals surface area contributed by atoms with Crippen molar-refractivity contribution in [1.29, 1.82) is 0 Å². The van der Waals surface area contributed by atoms with Crippen molar-refractivity contribution < 1.29 is 0 Å². The zero-order chi connectivity index (χ0) is 10.7. The highest BCUT2D eigenvalue weighted by atomic mass is 15.1. The minimum Gasteiger partial charge on any atom is -0.314 e. The molecule has 1 saturated heterocycles. The van der Waals surface area contributed by atoms with Gasteiger partial charge in [0, 0.05) is 12.6 Å². The number of nitrogens with zero attached hydrogens (tertiary/aromatic N) is 1. The molecule has 0 aromatic rings. The summed E-state index contributed by atoms with van der Waals surface area (Å²) in [5.74, 6) is 1.86. The van der Waals surface area contributed by atoms with E-state index < -0.39 is 0 Å². The molecule has 1 aliphatic heterocycles. The van der Waals surface area contributed by atoms with Gasteiger partial charge in [-0.2, -0.15) is 0 Å². The van der Waals surface area contributed by atoms with Gasteiger partial charge < -0.3 is 10.2 Å². The maximum absolute atomic E-state index is 3.78. The molecule has 2 heteroatoms. The Morgan fingerprint density at radius 3 is 2.80 bits per heavy atom. The molecular weight excluding hydrogens is 184 g/mol. The summed E-state index contributed by atoms with van der Waals surface area (Å²) in [5.41, 5.74) is 0. The quantitative estimate of drug-likeness (QED) is 0.767. The molecule has 0 radical (unpaired) electrons. The van der Waals surface area contributed by atoms with E-state index in [0.29, 0.717) is 0 Å².